The molecular formula is C18H12F3NO4. The van der Waals surface area contributed by atoms with Gasteiger partial charge in [-0.3, -0.25) is 14.2 Å². The Hall–Kier alpha value is -3.29. The van der Waals surface area contributed by atoms with E-state index >= 15 is 0 Å². The van der Waals surface area contributed by atoms with E-state index in [9.17, 15) is 27.9 Å². The maximum absolute atomic E-state index is 13.4. The van der Waals surface area contributed by atoms with E-state index in [1.165, 1.54) is 12.1 Å². The number of phenols is 1. The number of benzene rings is 2. The number of alkyl halides is 3. The first-order valence-electron chi connectivity index (χ1n) is 7.42. The summed E-state index contributed by atoms with van der Waals surface area (Å²) in [6.45, 7) is 1.03. The summed E-state index contributed by atoms with van der Waals surface area (Å²) in [5, 5.41) is 9.15. The smallest absolute Gasteiger partial charge is 0.420 e. The quantitative estimate of drug-likeness (QED) is 0.700. The van der Waals surface area contributed by atoms with Crippen molar-refractivity contribution in [1.29, 1.82) is 0 Å². The van der Waals surface area contributed by atoms with Crippen molar-refractivity contribution in [2.24, 2.45) is 0 Å². The maximum atomic E-state index is 13.4. The molecule has 0 bridgehead atoms. The zero-order valence-electron chi connectivity index (χ0n) is 13.4. The van der Waals surface area contributed by atoms with Gasteiger partial charge in [0, 0.05) is 12.5 Å². The fourth-order valence-electron chi connectivity index (χ4n) is 2.69. The molecule has 3 rings (SSSR count). The monoisotopic (exact) mass is 363 g/mol. The third-order valence-corrected chi connectivity index (χ3v) is 3.69. The number of halogens is 3. The summed E-state index contributed by atoms with van der Waals surface area (Å²) in [7, 11) is 0. The summed E-state index contributed by atoms with van der Waals surface area (Å²) < 4.78 is 46.1. The molecule has 0 aliphatic heterocycles. The zero-order chi connectivity index (χ0) is 19.1. The van der Waals surface area contributed by atoms with Crippen LogP contribution < -0.4 is 4.74 Å². The molecule has 0 fully saturated rings. The molecule has 0 aliphatic rings. The Morgan fingerprint density at radius 1 is 1.08 bits per heavy atom. The molecule has 0 radical (unpaired) electrons. The molecule has 1 heterocycles. The number of aromatic nitrogens is 1. The normalized spacial score (nSPS) is 11.5. The van der Waals surface area contributed by atoms with Crippen LogP contribution >= 0.6 is 0 Å². The second-order valence-electron chi connectivity index (χ2n) is 5.48. The Morgan fingerprint density at radius 3 is 2.31 bits per heavy atom. The van der Waals surface area contributed by atoms with Gasteiger partial charge in [0.25, 0.3) is 5.91 Å². The van der Waals surface area contributed by atoms with Crippen LogP contribution in [0.4, 0.5) is 13.2 Å². The number of carbonyl (C=O) groups is 2. The second kappa shape index (κ2) is 6.21. The first-order chi connectivity index (χ1) is 12.2. The molecule has 26 heavy (non-hydrogen) atoms. The molecule has 3 aromatic rings. The lowest BCUT2D eigenvalue weighted by Gasteiger charge is -2.12. The Kier molecular flexibility index (Phi) is 4.19. The van der Waals surface area contributed by atoms with Gasteiger partial charge < -0.3 is 9.84 Å². The number of hydrogen-bond donors (Lipinski definition) is 1. The van der Waals surface area contributed by atoms with E-state index in [-0.39, 0.29) is 11.1 Å². The van der Waals surface area contributed by atoms with E-state index < -0.39 is 40.5 Å². The summed E-state index contributed by atoms with van der Waals surface area (Å²) in [5.41, 5.74) is -1.27. The number of carbonyl (C=O) groups excluding carboxylic acids is 2. The SMILES string of the molecule is CC(=O)Oc1cn(C(=O)c2ccccc2)c2ccc(O)c(C(F)(F)F)c12. The molecule has 1 aromatic heterocycles. The zero-order valence-corrected chi connectivity index (χ0v) is 13.4. The van der Waals surface area contributed by atoms with Crippen molar-refractivity contribution in [1.82, 2.24) is 4.57 Å². The topological polar surface area (TPSA) is 68.5 Å². The van der Waals surface area contributed by atoms with Gasteiger partial charge in [-0.1, -0.05) is 18.2 Å². The summed E-state index contributed by atoms with van der Waals surface area (Å²) in [6, 6.07) is 9.92. The molecule has 0 atom stereocenters. The number of rotatable bonds is 2. The van der Waals surface area contributed by atoms with Gasteiger partial charge in [-0.2, -0.15) is 13.2 Å². The predicted molar refractivity (Wildman–Crippen MR) is 86.1 cm³/mol. The highest BCUT2D eigenvalue weighted by atomic mass is 19.4. The van der Waals surface area contributed by atoms with Gasteiger partial charge in [0.2, 0.25) is 0 Å². The van der Waals surface area contributed by atoms with Crippen LogP contribution in [0, 0.1) is 0 Å². The van der Waals surface area contributed by atoms with E-state index in [2.05, 4.69) is 0 Å². The number of esters is 1. The Bertz CT molecular complexity index is 1010. The lowest BCUT2D eigenvalue weighted by molar-refractivity contribution is -0.138. The van der Waals surface area contributed by atoms with Crippen molar-refractivity contribution < 1.29 is 32.6 Å². The molecule has 0 saturated heterocycles. The average molecular weight is 363 g/mol. The van der Waals surface area contributed by atoms with Crippen molar-refractivity contribution in [3.8, 4) is 11.5 Å². The van der Waals surface area contributed by atoms with E-state index in [0.717, 1.165) is 29.8 Å². The molecule has 0 saturated carbocycles. The minimum absolute atomic E-state index is 0.139. The van der Waals surface area contributed by atoms with Crippen LogP contribution in [-0.2, 0) is 11.0 Å². The second-order valence-corrected chi connectivity index (χ2v) is 5.48. The number of hydrogen-bond acceptors (Lipinski definition) is 4. The maximum Gasteiger partial charge on any atom is 0.420 e. The van der Waals surface area contributed by atoms with Gasteiger partial charge >= 0.3 is 12.1 Å². The molecule has 8 heteroatoms. The highest BCUT2D eigenvalue weighted by Crippen LogP contribution is 2.45. The lowest BCUT2D eigenvalue weighted by atomic mass is 10.1. The van der Waals surface area contributed by atoms with Crippen molar-refractivity contribution in [3.63, 3.8) is 0 Å². The molecule has 1 N–H and O–H groups in total. The third-order valence-electron chi connectivity index (χ3n) is 3.69. The van der Waals surface area contributed by atoms with E-state index in [1.807, 2.05) is 0 Å². The fraction of sp³-hybridized carbons (Fsp3) is 0.111. The number of phenolic OH excluding ortho intramolecular Hbond substituents is 1. The van der Waals surface area contributed by atoms with Crippen molar-refractivity contribution in [2.75, 3.05) is 0 Å². The van der Waals surface area contributed by atoms with Crippen molar-refractivity contribution >= 4 is 22.8 Å². The highest BCUT2D eigenvalue weighted by Gasteiger charge is 2.38. The van der Waals surface area contributed by atoms with Gasteiger partial charge in [-0.05, 0) is 24.3 Å². The minimum atomic E-state index is -4.92. The van der Waals surface area contributed by atoms with Gasteiger partial charge in [0.1, 0.15) is 11.3 Å². The minimum Gasteiger partial charge on any atom is -0.507 e. The number of nitrogens with zero attached hydrogens (tertiary/aromatic N) is 1. The van der Waals surface area contributed by atoms with E-state index in [1.54, 1.807) is 18.2 Å². The van der Waals surface area contributed by atoms with Gasteiger partial charge in [-0.15, -0.1) is 0 Å². The molecule has 0 spiro atoms. The first kappa shape index (κ1) is 17.5. The molecule has 0 amide bonds. The van der Waals surface area contributed by atoms with Crippen molar-refractivity contribution in [3.05, 3.63) is 59.8 Å². The summed E-state index contributed by atoms with van der Waals surface area (Å²) in [4.78, 5) is 24.0. The summed E-state index contributed by atoms with van der Waals surface area (Å²) in [5.74, 6) is -2.94. The van der Waals surface area contributed by atoms with Gasteiger partial charge in [0.15, 0.2) is 5.75 Å². The lowest BCUT2D eigenvalue weighted by Crippen LogP contribution is -2.11. The summed E-state index contributed by atoms with van der Waals surface area (Å²) in [6.07, 6.45) is -3.91. The largest absolute Gasteiger partial charge is 0.507 e. The molecular weight excluding hydrogens is 351 g/mol. The fourth-order valence-corrected chi connectivity index (χ4v) is 2.69. The molecule has 134 valence electrons. The number of fused-ring (bicyclic) bond motifs is 1. The third kappa shape index (κ3) is 3.01. The van der Waals surface area contributed by atoms with Crippen LogP contribution in [0.1, 0.15) is 22.8 Å². The predicted octanol–water partition coefficient (Wildman–Crippen LogP) is 3.98. The molecule has 2 aromatic carbocycles. The Morgan fingerprint density at radius 2 is 1.73 bits per heavy atom. The van der Waals surface area contributed by atoms with E-state index in [0.29, 0.717) is 0 Å². The van der Waals surface area contributed by atoms with Crippen LogP contribution in [0.25, 0.3) is 10.9 Å². The highest BCUT2D eigenvalue weighted by molar-refractivity contribution is 6.05. The van der Waals surface area contributed by atoms with Crippen LogP contribution in [0.15, 0.2) is 48.7 Å². The average Bonchev–Trinajstić information content (AvgIpc) is 2.91. The number of aromatic hydroxyl groups is 1. The van der Waals surface area contributed by atoms with Gasteiger partial charge in [-0.25, -0.2) is 0 Å². The molecule has 0 aliphatic carbocycles. The Labute approximate surface area is 145 Å². The van der Waals surface area contributed by atoms with E-state index in [4.69, 9.17) is 4.74 Å². The van der Waals surface area contributed by atoms with Crippen LogP contribution in [0.2, 0.25) is 0 Å². The molecule has 5 nitrogen and oxygen atoms in total. The van der Waals surface area contributed by atoms with Crippen LogP contribution in [-0.4, -0.2) is 21.6 Å². The van der Waals surface area contributed by atoms with Crippen LogP contribution in [0.3, 0.4) is 0 Å². The first-order valence-corrected chi connectivity index (χ1v) is 7.42. The molecule has 0 unspecified atom stereocenters. The van der Waals surface area contributed by atoms with Crippen LogP contribution in [0.5, 0.6) is 11.5 Å². The number of ether oxygens (including phenoxy) is 1. The van der Waals surface area contributed by atoms with Gasteiger partial charge in [0.05, 0.1) is 17.1 Å². The Balaban J connectivity index is 2.33. The van der Waals surface area contributed by atoms with Crippen molar-refractivity contribution in [2.45, 2.75) is 13.1 Å². The standard InChI is InChI=1S/C18H12F3NO4/c1-10(23)26-14-9-22(17(25)11-5-3-2-4-6-11)12-7-8-13(24)16(15(12)14)18(19,20)21/h2-9,24H,1H3. The summed E-state index contributed by atoms with van der Waals surface area (Å²) >= 11 is 0.